The Morgan fingerprint density at radius 2 is 1.64 bits per heavy atom. The molecule has 6 heteroatoms. The summed E-state index contributed by atoms with van der Waals surface area (Å²) < 4.78 is 11.7. The molecule has 0 bridgehead atoms. The van der Waals surface area contributed by atoms with Crippen molar-refractivity contribution in [3.8, 4) is 11.5 Å². The molecule has 0 heterocycles. The first kappa shape index (κ1) is 20.7. The molecule has 0 saturated heterocycles. The third kappa shape index (κ3) is 5.48. The quantitative estimate of drug-likeness (QED) is 0.404. The normalized spacial score (nSPS) is 10.6. The van der Waals surface area contributed by atoms with Crippen LogP contribution in [0.15, 0.2) is 60.7 Å². The molecule has 0 spiro atoms. The molecule has 0 atom stereocenters. The smallest absolute Gasteiger partial charge is 0.180 e. The van der Waals surface area contributed by atoms with Gasteiger partial charge in [-0.05, 0) is 48.9 Å². The summed E-state index contributed by atoms with van der Waals surface area (Å²) in [7, 11) is 0. The second kappa shape index (κ2) is 9.92. The largest absolute Gasteiger partial charge is 0.490 e. The molecule has 0 fully saturated rings. The number of rotatable bonds is 8. The Hall–Kier alpha value is -2.07. The fraction of sp³-hybridized carbons (Fsp3) is 0.182. The molecular weight excluding hydrogens is 417 g/mol. The molecule has 146 valence electrons. The lowest BCUT2D eigenvalue weighted by atomic mass is 10.2. The van der Waals surface area contributed by atoms with Gasteiger partial charge in [0.15, 0.2) is 11.5 Å². The summed E-state index contributed by atoms with van der Waals surface area (Å²) in [6.45, 7) is 3.30. The molecule has 0 aromatic heterocycles. The second-order valence-electron chi connectivity index (χ2n) is 6.08. The van der Waals surface area contributed by atoms with Crippen LogP contribution in [0.3, 0.4) is 0 Å². The second-order valence-corrected chi connectivity index (χ2v) is 7.33. The first-order valence-corrected chi connectivity index (χ1v) is 10.0. The average Bonchev–Trinajstić information content (AvgIpc) is 2.68. The molecule has 0 amide bonds. The molecule has 3 aromatic rings. The first-order chi connectivity index (χ1) is 13.6. The zero-order valence-corrected chi connectivity index (χ0v) is 17.6. The van der Waals surface area contributed by atoms with Gasteiger partial charge in [0.25, 0.3) is 0 Å². The number of nitrogens with one attached hydrogen (secondary N) is 1. The van der Waals surface area contributed by atoms with E-state index in [1.54, 1.807) is 12.1 Å². The Labute approximate surface area is 180 Å². The maximum Gasteiger partial charge on any atom is 0.180 e. The maximum absolute atomic E-state index is 6.50. The van der Waals surface area contributed by atoms with Crippen LogP contribution in [-0.4, -0.2) is 6.61 Å². The topological polar surface area (TPSA) is 30.5 Å². The molecular formula is C22H20Cl3NO2. The highest BCUT2D eigenvalue weighted by atomic mass is 35.5. The lowest BCUT2D eigenvalue weighted by Gasteiger charge is -2.16. The van der Waals surface area contributed by atoms with Crippen LogP contribution in [0.5, 0.6) is 11.5 Å². The van der Waals surface area contributed by atoms with Crippen LogP contribution in [0, 0.1) is 0 Å². The highest BCUT2D eigenvalue weighted by Crippen LogP contribution is 2.38. The van der Waals surface area contributed by atoms with Crippen LogP contribution < -0.4 is 14.8 Å². The summed E-state index contributed by atoms with van der Waals surface area (Å²) in [6, 6.07) is 19.1. The molecule has 3 rings (SSSR count). The van der Waals surface area contributed by atoms with E-state index in [0.717, 1.165) is 16.8 Å². The van der Waals surface area contributed by atoms with Gasteiger partial charge in [0.1, 0.15) is 6.61 Å². The molecule has 0 aliphatic heterocycles. The summed E-state index contributed by atoms with van der Waals surface area (Å²) in [5.74, 6) is 1.10. The van der Waals surface area contributed by atoms with Crippen molar-refractivity contribution in [3.63, 3.8) is 0 Å². The van der Waals surface area contributed by atoms with E-state index in [9.17, 15) is 0 Å². The molecule has 3 nitrogen and oxygen atoms in total. The lowest BCUT2D eigenvalue weighted by molar-refractivity contribution is 0.269. The molecule has 0 unspecified atom stereocenters. The Kier molecular flexibility index (Phi) is 7.32. The van der Waals surface area contributed by atoms with Gasteiger partial charge in [0, 0.05) is 27.8 Å². The van der Waals surface area contributed by atoms with E-state index in [1.807, 2.05) is 55.5 Å². The molecule has 0 aliphatic rings. The fourth-order valence-corrected chi connectivity index (χ4v) is 3.43. The standard InChI is InChI=1S/C22H20Cl3NO2/c1-2-27-21-11-15(13-26-18-6-4-3-5-7-18)10-20(25)22(21)28-14-16-8-9-17(23)12-19(16)24/h3-12,26H,2,13-14H2,1H3. The predicted octanol–water partition coefficient (Wildman–Crippen LogP) is 7.24. The number of halogens is 3. The molecule has 0 radical (unpaired) electrons. The maximum atomic E-state index is 6.50. The van der Waals surface area contributed by atoms with Gasteiger partial charge in [-0.1, -0.05) is 59.1 Å². The number of para-hydroxylation sites is 1. The molecule has 1 N–H and O–H groups in total. The van der Waals surface area contributed by atoms with Gasteiger partial charge in [-0.3, -0.25) is 0 Å². The van der Waals surface area contributed by atoms with Crippen molar-refractivity contribution in [1.29, 1.82) is 0 Å². The van der Waals surface area contributed by atoms with Crippen LogP contribution in [0.2, 0.25) is 15.1 Å². The third-order valence-electron chi connectivity index (χ3n) is 4.03. The van der Waals surface area contributed by atoms with Crippen molar-refractivity contribution in [2.24, 2.45) is 0 Å². The van der Waals surface area contributed by atoms with E-state index in [0.29, 0.717) is 39.7 Å². The van der Waals surface area contributed by atoms with Gasteiger partial charge in [-0.2, -0.15) is 0 Å². The first-order valence-electron chi connectivity index (χ1n) is 8.87. The van der Waals surface area contributed by atoms with Gasteiger partial charge < -0.3 is 14.8 Å². The van der Waals surface area contributed by atoms with E-state index in [-0.39, 0.29) is 6.61 Å². The van der Waals surface area contributed by atoms with Crippen LogP contribution in [0.4, 0.5) is 5.69 Å². The van der Waals surface area contributed by atoms with Gasteiger partial charge >= 0.3 is 0 Å². The van der Waals surface area contributed by atoms with Crippen molar-refractivity contribution in [1.82, 2.24) is 0 Å². The summed E-state index contributed by atoms with van der Waals surface area (Å²) in [6.07, 6.45) is 0. The highest BCUT2D eigenvalue weighted by Gasteiger charge is 2.14. The summed E-state index contributed by atoms with van der Waals surface area (Å²) in [5.41, 5.74) is 2.85. The molecule has 0 aliphatic carbocycles. The number of hydrogen-bond donors (Lipinski definition) is 1. The van der Waals surface area contributed by atoms with Gasteiger partial charge in [0.2, 0.25) is 0 Å². The van der Waals surface area contributed by atoms with E-state index >= 15 is 0 Å². The van der Waals surface area contributed by atoms with Crippen LogP contribution in [0.25, 0.3) is 0 Å². The van der Waals surface area contributed by atoms with E-state index in [4.69, 9.17) is 44.3 Å². The van der Waals surface area contributed by atoms with Crippen molar-refractivity contribution in [2.45, 2.75) is 20.1 Å². The highest BCUT2D eigenvalue weighted by molar-refractivity contribution is 6.35. The Bertz CT molecular complexity index is 933. The van der Waals surface area contributed by atoms with Crippen molar-refractivity contribution >= 4 is 40.5 Å². The summed E-state index contributed by atoms with van der Waals surface area (Å²) in [5, 5.41) is 4.98. The van der Waals surface area contributed by atoms with Gasteiger partial charge in [0.05, 0.1) is 11.6 Å². The monoisotopic (exact) mass is 435 g/mol. The zero-order valence-electron chi connectivity index (χ0n) is 15.3. The SMILES string of the molecule is CCOc1cc(CNc2ccccc2)cc(Cl)c1OCc1ccc(Cl)cc1Cl. The van der Waals surface area contributed by atoms with Crippen molar-refractivity contribution in [3.05, 3.63) is 86.9 Å². The predicted molar refractivity (Wildman–Crippen MR) is 117 cm³/mol. The minimum absolute atomic E-state index is 0.261. The molecule has 0 saturated carbocycles. The summed E-state index contributed by atoms with van der Waals surface area (Å²) >= 11 is 18.7. The van der Waals surface area contributed by atoms with E-state index in [2.05, 4.69) is 5.32 Å². The van der Waals surface area contributed by atoms with Crippen LogP contribution in [-0.2, 0) is 13.2 Å². The van der Waals surface area contributed by atoms with Crippen molar-refractivity contribution in [2.75, 3.05) is 11.9 Å². The van der Waals surface area contributed by atoms with Gasteiger partial charge in [-0.15, -0.1) is 0 Å². The Balaban J connectivity index is 1.76. The number of anilines is 1. The van der Waals surface area contributed by atoms with Crippen molar-refractivity contribution < 1.29 is 9.47 Å². The minimum Gasteiger partial charge on any atom is -0.490 e. The molecule has 3 aromatic carbocycles. The Morgan fingerprint density at radius 3 is 2.36 bits per heavy atom. The third-order valence-corrected chi connectivity index (χ3v) is 4.89. The number of benzene rings is 3. The lowest BCUT2D eigenvalue weighted by Crippen LogP contribution is -2.04. The van der Waals surface area contributed by atoms with E-state index in [1.165, 1.54) is 0 Å². The van der Waals surface area contributed by atoms with E-state index < -0.39 is 0 Å². The number of ether oxygens (including phenoxy) is 2. The zero-order chi connectivity index (χ0) is 19.9. The minimum atomic E-state index is 0.261. The van der Waals surface area contributed by atoms with Gasteiger partial charge in [-0.25, -0.2) is 0 Å². The number of hydrogen-bond acceptors (Lipinski definition) is 3. The van der Waals surface area contributed by atoms with Crippen LogP contribution in [0.1, 0.15) is 18.1 Å². The Morgan fingerprint density at radius 1 is 0.857 bits per heavy atom. The summed E-state index contributed by atoms with van der Waals surface area (Å²) in [4.78, 5) is 0. The fourth-order valence-electron chi connectivity index (χ4n) is 2.68. The van der Waals surface area contributed by atoms with Crippen LogP contribution >= 0.6 is 34.8 Å². The molecule has 28 heavy (non-hydrogen) atoms. The average molecular weight is 437 g/mol.